The molecule has 3 aromatic rings. The average molecular weight is 214 g/mol. The summed E-state index contributed by atoms with van der Waals surface area (Å²) < 4.78 is 14.1. The zero-order chi connectivity index (χ0) is 11.1. The molecular weight excluding hydrogens is 207 g/mol. The van der Waals surface area contributed by atoms with E-state index in [4.69, 9.17) is 0 Å². The summed E-state index contributed by atoms with van der Waals surface area (Å²) in [7, 11) is 0. The fourth-order valence-electron chi connectivity index (χ4n) is 1.78. The molecule has 1 heterocycles. The van der Waals surface area contributed by atoms with Crippen LogP contribution >= 0.6 is 0 Å². The van der Waals surface area contributed by atoms with Crippen molar-refractivity contribution in [1.82, 2.24) is 4.98 Å². The number of nitrogens with zero attached hydrogens (tertiary/aromatic N) is 2. The fraction of sp³-hybridized carbons (Fsp3) is 0. The molecule has 3 rings (SSSR count). The number of hydrogen-bond donors (Lipinski definition) is 0. The Morgan fingerprint density at radius 1 is 1.00 bits per heavy atom. The molecule has 0 N–H and O–H groups in total. The highest BCUT2D eigenvalue weighted by Gasteiger charge is 2.14. The Balaban J connectivity index is 2.62. The van der Waals surface area contributed by atoms with E-state index in [1.54, 1.807) is 36.4 Å². The molecule has 0 spiro atoms. The maximum absolute atomic E-state index is 13.5. The van der Waals surface area contributed by atoms with Gasteiger partial charge in [0.25, 0.3) is 5.52 Å². The zero-order valence-corrected chi connectivity index (χ0v) is 8.22. The van der Waals surface area contributed by atoms with Gasteiger partial charge < -0.3 is 5.21 Å². The molecule has 4 heteroatoms. The lowest BCUT2D eigenvalue weighted by Gasteiger charge is -2.05. The third kappa shape index (κ3) is 1.13. The monoisotopic (exact) mass is 214 g/mol. The van der Waals surface area contributed by atoms with Crippen molar-refractivity contribution in [1.29, 1.82) is 0 Å². The number of fused-ring (bicyclic) bond motifs is 2. The van der Waals surface area contributed by atoms with Gasteiger partial charge in [0, 0.05) is 6.07 Å². The topological polar surface area (TPSA) is 39.8 Å². The Morgan fingerprint density at radius 2 is 1.75 bits per heavy atom. The SMILES string of the molecule is [O-][n+]1c2ccccc2nc2cccc(F)c21. The Labute approximate surface area is 90.4 Å². The zero-order valence-electron chi connectivity index (χ0n) is 8.22. The lowest BCUT2D eigenvalue weighted by molar-refractivity contribution is -0.549. The molecule has 0 radical (unpaired) electrons. The minimum absolute atomic E-state index is 0.0128. The molecule has 0 amide bonds. The maximum Gasteiger partial charge on any atom is 0.278 e. The number of halogens is 1. The number of benzene rings is 2. The molecule has 0 saturated carbocycles. The summed E-state index contributed by atoms with van der Waals surface area (Å²) in [6, 6.07) is 11.3. The van der Waals surface area contributed by atoms with Gasteiger partial charge in [-0.05, 0) is 18.2 Å². The van der Waals surface area contributed by atoms with Gasteiger partial charge in [-0.3, -0.25) is 0 Å². The van der Waals surface area contributed by atoms with Crippen molar-refractivity contribution in [2.75, 3.05) is 0 Å². The Bertz CT molecular complexity index is 697. The van der Waals surface area contributed by atoms with Gasteiger partial charge >= 0.3 is 0 Å². The third-order valence-electron chi connectivity index (χ3n) is 2.51. The van der Waals surface area contributed by atoms with Gasteiger partial charge in [0.15, 0.2) is 5.82 Å². The number of para-hydroxylation sites is 3. The summed E-state index contributed by atoms with van der Waals surface area (Å²) in [5.74, 6) is -0.550. The second kappa shape index (κ2) is 3.13. The standard InChI is InChI=1S/C12H7FN2O/c13-8-4-3-6-10-12(8)15(16)11-7-2-1-5-9(11)14-10/h1-7H. The van der Waals surface area contributed by atoms with Crippen molar-refractivity contribution in [2.24, 2.45) is 0 Å². The van der Waals surface area contributed by atoms with Gasteiger partial charge in [-0.15, -0.1) is 0 Å². The van der Waals surface area contributed by atoms with Crippen LogP contribution in [-0.2, 0) is 0 Å². The minimum Gasteiger partial charge on any atom is -0.618 e. The molecule has 3 nitrogen and oxygen atoms in total. The molecule has 0 aliphatic rings. The molecule has 0 fully saturated rings. The first-order valence-corrected chi connectivity index (χ1v) is 4.84. The predicted molar refractivity (Wildman–Crippen MR) is 58.2 cm³/mol. The molecule has 0 saturated heterocycles. The van der Waals surface area contributed by atoms with Crippen molar-refractivity contribution in [3.63, 3.8) is 0 Å². The van der Waals surface area contributed by atoms with Crippen LogP contribution in [0.5, 0.6) is 0 Å². The Hall–Kier alpha value is -2.23. The normalized spacial score (nSPS) is 11.1. The van der Waals surface area contributed by atoms with E-state index in [1.165, 1.54) is 6.07 Å². The van der Waals surface area contributed by atoms with E-state index >= 15 is 0 Å². The van der Waals surface area contributed by atoms with Gasteiger partial charge in [0.2, 0.25) is 5.52 Å². The van der Waals surface area contributed by atoms with E-state index in [0.29, 0.717) is 21.3 Å². The first kappa shape index (κ1) is 9.03. The molecular formula is C12H7FN2O. The van der Waals surface area contributed by atoms with Gasteiger partial charge in [-0.1, -0.05) is 18.2 Å². The lowest BCUT2D eigenvalue weighted by Crippen LogP contribution is -2.29. The first-order chi connectivity index (χ1) is 7.77. The highest BCUT2D eigenvalue weighted by atomic mass is 19.1. The predicted octanol–water partition coefficient (Wildman–Crippen LogP) is 2.16. The molecule has 16 heavy (non-hydrogen) atoms. The van der Waals surface area contributed by atoms with Crippen LogP contribution < -0.4 is 4.73 Å². The second-order valence-corrected chi connectivity index (χ2v) is 3.50. The van der Waals surface area contributed by atoms with Gasteiger partial charge in [0.1, 0.15) is 11.0 Å². The molecule has 2 aromatic carbocycles. The third-order valence-corrected chi connectivity index (χ3v) is 2.51. The molecule has 0 atom stereocenters. The van der Waals surface area contributed by atoms with Crippen molar-refractivity contribution >= 4 is 22.1 Å². The van der Waals surface area contributed by atoms with Gasteiger partial charge in [-0.2, -0.15) is 9.12 Å². The summed E-state index contributed by atoms with van der Waals surface area (Å²) in [5.41, 5.74) is 1.30. The maximum atomic E-state index is 13.5. The van der Waals surface area contributed by atoms with Crippen molar-refractivity contribution in [3.8, 4) is 0 Å². The minimum atomic E-state index is -0.550. The number of hydrogen-bond acceptors (Lipinski definition) is 2. The molecule has 0 aliphatic carbocycles. The number of aromatic nitrogens is 2. The molecule has 0 bridgehead atoms. The van der Waals surface area contributed by atoms with Gasteiger partial charge in [0.05, 0.1) is 0 Å². The van der Waals surface area contributed by atoms with E-state index in [0.717, 1.165) is 0 Å². The number of rotatable bonds is 0. The smallest absolute Gasteiger partial charge is 0.278 e. The fourth-order valence-corrected chi connectivity index (χ4v) is 1.78. The van der Waals surface area contributed by atoms with Crippen LogP contribution in [0.4, 0.5) is 4.39 Å². The van der Waals surface area contributed by atoms with Crippen LogP contribution in [0.2, 0.25) is 0 Å². The van der Waals surface area contributed by atoms with E-state index in [2.05, 4.69) is 4.98 Å². The largest absolute Gasteiger partial charge is 0.618 e. The van der Waals surface area contributed by atoms with E-state index < -0.39 is 5.82 Å². The quantitative estimate of drug-likeness (QED) is 0.327. The van der Waals surface area contributed by atoms with E-state index in [-0.39, 0.29) is 5.52 Å². The van der Waals surface area contributed by atoms with Crippen molar-refractivity contribution in [3.05, 3.63) is 53.5 Å². The van der Waals surface area contributed by atoms with E-state index in [1.807, 2.05) is 0 Å². The van der Waals surface area contributed by atoms with Crippen LogP contribution in [0.3, 0.4) is 0 Å². The van der Waals surface area contributed by atoms with Crippen LogP contribution in [0.15, 0.2) is 42.5 Å². The summed E-state index contributed by atoms with van der Waals surface area (Å²) in [5, 5.41) is 11.9. The Kier molecular flexibility index (Phi) is 1.77. The van der Waals surface area contributed by atoms with E-state index in [9.17, 15) is 9.60 Å². The van der Waals surface area contributed by atoms with Crippen LogP contribution in [0.1, 0.15) is 0 Å². The molecule has 1 aromatic heterocycles. The van der Waals surface area contributed by atoms with Crippen molar-refractivity contribution in [2.45, 2.75) is 0 Å². The Morgan fingerprint density at radius 3 is 2.62 bits per heavy atom. The first-order valence-electron chi connectivity index (χ1n) is 4.84. The average Bonchev–Trinajstić information content (AvgIpc) is 2.29. The van der Waals surface area contributed by atoms with Crippen molar-refractivity contribution < 1.29 is 9.12 Å². The van der Waals surface area contributed by atoms with Crippen LogP contribution in [0.25, 0.3) is 22.1 Å². The second-order valence-electron chi connectivity index (χ2n) is 3.50. The van der Waals surface area contributed by atoms with Crippen LogP contribution in [0, 0.1) is 11.0 Å². The van der Waals surface area contributed by atoms with Gasteiger partial charge in [-0.25, -0.2) is 4.98 Å². The summed E-state index contributed by atoms with van der Waals surface area (Å²) >= 11 is 0. The summed E-state index contributed by atoms with van der Waals surface area (Å²) in [6.45, 7) is 0. The lowest BCUT2D eigenvalue weighted by atomic mass is 10.2. The molecule has 0 unspecified atom stereocenters. The highest BCUT2D eigenvalue weighted by Crippen LogP contribution is 2.16. The van der Waals surface area contributed by atoms with Crippen LogP contribution in [-0.4, -0.2) is 4.98 Å². The molecule has 0 aliphatic heterocycles. The summed E-state index contributed by atoms with van der Waals surface area (Å²) in [4.78, 5) is 4.24. The summed E-state index contributed by atoms with van der Waals surface area (Å²) in [6.07, 6.45) is 0. The highest BCUT2D eigenvalue weighted by molar-refractivity contribution is 5.81. The molecule has 78 valence electrons.